The molecule has 0 fully saturated rings. The molecular weight excluding hydrogens is 124 g/mol. The zero-order valence-electron chi connectivity index (χ0n) is 6.52. The highest BCUT2D eigenvalue weighted by molar-refractivity contribution is 5.93. The lowest BCUT2D eigenvalue weighted by molar-refractivity contribution is -0.115. The molecule has 0 aliphatic carbocycles. The summed E-state index contributed by atoms with van der Waals surface area (Å²) in [4.78, 5) is 10.9. The van der Waals surface area contributed by atoms with Crippen LogP contribution in [0.2, 0.25) is 0 Å². The number of ketones is 1. The summed E-state index contributed by atoms with van der Waals surface area (Å²) in [5.41, 5.74) is 0.657. The van der Waals surface area contributed by atoms with E-state index in [2.05, 4.69) is 13.2 Å². The molecular formula is C9H14O. The van der Waals surface area contributed by atoms with Crippen LogP contribution in [0.1, 0.15) is 26.2 Å². The maximum Gasteiger partial charge on any atom is 0.157 e. The molecule has 0 saturated heterocycles. The second-order valence-corrected chi connectivity index (χ2v) is 2.38. The summed E-state index contributed by atoms with van der Waals surface area (Å²) in [6, 6.07) is 0. The van der Waals surface area contributed by atoms with Crippen molar-refractivity contribution in [1.29, 1.82) is 0 Å². The van der Waals surface area contributed by atoms with Gasteiger partial charge in [-0.2, -0.15) is 0 Å². The molecule has 56 valence electrons. The highest BCUT2D eigenvalue weighted by Crippen LogP contribution is 2.01. The normalized spacial score (nSPS) is 8.90. The minimum atomic E-state index is 0.168. The van der Waals surface area contributed by atoms with Gasteiger partial charge in [0.25, 0.3) is 0 Å². The maximum absolute atomic E-state index is 10.9. The predicted molar refractivity (Wildman–Crippen MR) is 43.9 cm³/mol. The van der Waals surface area contributed by atoms with Crippen LogP contribution in [0.4, 0.5) is 0 Å². The summed E-state index contributed by atoms with van der Waals surface area (Å²) in [6.07, 6.45) is 4.25. The van der Waals surface area contributed by atoms with Gasteiger partial charge in [-0.25, -0.2) is 0 Å². The van der Waals surface area contributed by atoms with Crippen LogP contribution < -0.4 is 0 Å². The average molecular weight is 138 g/mol. The van der Waals surface area contributed by atoms with Crippen molar-refractivity contribution in [2.75, 3.05) is 0 Å². The van der Waals surface area contributed by atoms with E-state index in [0.29, 0.717) is 12.0 Å². The second kappa shape index (κ2) is 4.98. The molecule has 0 aromatic carbocycles. The molecule has 0 unspecified atom stereocenters. The van der Waals surface area contributed by atoms with E-state index < -0.39 is 0 Å². The molecule has 0 heterocycles. The van der Waals surface area contributed by atoms with Crippen LogP contribution in [0, 0.1) is 0 Å². The fraction of sp³-hybridized carbons (Fsp3) is 0.444. The smallest absolute Gasteiger partial charge is 0.157 e. The number of allylic oxidation sites excluding steroid dienone is 2. The third-order valence-corrected chi connectivity index (χ3v) is 1.29. The van der Waals surface area contributed by atoms with E-state index in [0.717, 1.165) is 12.8 Å². The third-order valence-electron chi connectivity index (χ3n) is 1.29. The first-order chi connectivity index (χ1) is 4.68. The van der Waals surface area contributed by atoms with Gasteiger partial charge in [0, 0.05) is 6.42 Å². The van der Waals surface area contributed by atoms with Gasteiger partial charge < -0.3 is 0 Å². The van der Waals surface area contributed by atoms with Crippen LogP contribution in [-0.2, 0) is 4.79 Å². The number of Topliss-reactive ketones (excluding diaryl/α,β-unsaturated/α-hetero) is 1. The van der Waals surface area contributed by atoms with Gasteiger partial charge in [-0.3, -0.25) is 4.79 Å². The van der Waals surface area contributed by atoms with Crippen molar-refractivity contribution >= 4 is 5.78 Å². The Balaban J connectivity index is 3.40. The van der Waals surface area contributed by atoms with Gasteiger partial charge in [-0.05, 0) is 25.3 Å². The van der Waals surface area contributed by atoms with Crippen LogP contribution in [0.5, 0.6) is 0 Å². The van der Waals surface area contributed by atoms with Crippen molar-refractivity contribution in [1.82, 2.24) is 0 Å². The van der Waals surface area contributed by atoms with Gasteiger partial charge in [0.1, 0.15) is 0 Å². The summed E-state index contributed by atoms with van der Waals surface area (Å²) in [7, 11) is 0. The first-order valence-corrected chi connectivity index (χ1v) is 3.48. The minimum absolute atomic E-state index is 0.168. The Labute approximate surface area is 62.4 Å². The Morgan fingerprint density at radius 3 is 2.60 bits per heavy atom. The van der Waals surface area contributed by atoms with Crippen LogP contribution in [0.3, 0.4) is 0 Å². The standard InChI is InChI=1S/C9H14O/c1-4-5-6-7-9(10)8(2)3/h4H,1-2,5-7H2,3H3. The number of hydrogen-bond acceptors (Lipinski definition) is 1. The molecule has 10 heavy (non-hydrogen) atoms. The van der Waals surface area contributed by atoms with Crippen molar-refractivity contribution < 1.29 is 4.79 Å². The van der Waals surface area contributed by atoms with Crippen LogP contribution in [-0.4, -0.2) is 5.78 Å². The molecule has 0 aliphatic rings. The Morgan fingerprint density at radius 2 is 2.20 bits per heavy atom. The van der Waals surface area contributed by atoms with Crippen molar-refractivity contribution in [2.24, 2.45) is 0 Å². The first kappa shape index (κ1) is 9.15. The molecule has 1 heteroatoms. The Hall–Kier alpha value is -0.850. The van der Waals surface area contributed by atoms with E-state index in [1.54, 1.807) is 6.92 Å². The minimum Gasteiger partial charge on any atom is -0.295 e. The largest absolute Gasteiger partial charge is 0.295 e. The zero-order chi connectivity index (χ0) is 7.98. The van der Waals surface area contributed by atoms with Gasteiger partial charge in [0.15, 0.2) is 5.78 Å². The first-order valence-electron chi connectivity index (χ1n) is 3.48. The molecule has 0 amide bonds. The van der Waals surface area contributed by atoms with Crippen molar-refractivity contribution in [3.8, 4) is 0 Å². The van der Waals surface area contributed by atoms with E-state index >= 15 is 0 Å². The number of hydrogen-bond donors (Lipinski definition) is 0. The average Bonchev–Trinajstić information content (AvgIpc) is 1.88. The molecule has 0 spiro atoms. The highest BCUT2D eigenvalue weighted by atomic mass is 16.1. The van der Waals surface area contributed by atoms with E-state index in [4.69, 9.17) is 0 Å². The number of carbonyl (C=O) groups is 1. The molecule has 0 aliphatic heterocycles. The molecule has 0 rings (SSSR count). The summed E-state index contributed by atoms with van der Waals surface area (Å²) < 4.78 is 0. The molecule has 0 saturated carbocycles. The molecule has 1 nitrogen and oxygen atoms in total. The Bertz CT molecular complexity index is 145. The van der Waals surface area contributed by atoms with Gasteiger partial charge in [-0.1, -0.05) is 12.7 Å². The number of unbranched alkanes of at least 4 members (excludes halogenated alkanes) is 1. The SMILES string of the molecule is C=CCCCC(=O)C(=C)C. The Kier molecular flexibility index (Phi) is 4.55. The molecule has 0 radical (unpaired) electrons. The van der Waals surface area contributed by atoms with Gasteiger partial charge in [0.05, 0.1) is 0 Å². The summed E-state index contributed by atoms with van der Waals surface area (Å²) in [5.74, 6) is 0.168. The van der Waals surface area contributed by atoms with E-state index in [9.17, 15) is 4.79 Å². The molecule has 0 bridgehead atoms. The van der Waals surface area contributed by atoms with E-state index in [1.807, 2.05) is 6.08 Å². The predicted octanol–water partition coefficient (Wildman–Crippen LogP) is 2.49. The van der Waals surface area contributed by atoms with Crippen LogP contribution >= 0.6 is 0 Å². The number of rotatable bonds is 5. The lowest BCUT2D eigenvalue weighted by Gasteiger charge is -1.95. The van der Waals surface area contributed by atoms with Crippen molar-refractivity contribution in [2.45, 2.75) is 26.2 Å². The summed E-state index contributed by atoms with van der Waals surface area (Å²) >= 11 is 0. The molecule has 0 N–H and O–H groups in total. The lowest BCUT2D eigenvalue weighted by Crippen LogP contribution is -1.96. The molecule has 0 aromatic heterocycles. The topological polar surface area (TPSA) is 17.1 Å². The molecule has 0 atom stereocenters. The summed E-state index contributed by atoms with van der Waals surface area (Å²) in [6.45, 7) is 8.87. The quantitative estimate of drug-likeness (QED) is 0.324. The third kappa shape index (κ3) is 4.07. The maximum atomic E-state index is 10.9. The lowest BCUT2D eigenvalue weighted by atomic mass is 10.1. The van der Waals surface area contributed by atoms with Gasteiger partial charge in [0.2, 0.25) is 0 Å². The fourth-order valence-electron chi connectivity index (χ4n) is 0.620. The second-order valence-electron chi connectivity index (χ2n) is 2.38. The van der Waals surface area contributed by atoms with Crippen LogP contribution in [0.15, 0.2) is 24.8 Å². The monoisotopic (exact) mass is 138 g/mol. The van der Waals surface area contributed by atoms with Crippen LogP contribution in [0.25, 0.3) is 0 Å². The highest BCUT2D eigenvalue weighted by Gasteiger charge is 1.99. The van der Waals surface area contributed by atoms with Gasteiger partial charge in [-0.15, -0.1) is 6.58 Å². The van der Waals surface area contributed by atoms with E-state index in [-0.39, 0.29) is 5.78 Å². The zero-order valence-corrected chi connectivity index (χ0v) is 6.52. The van der Waals surface area contributed by atoms with Crippen molar-refractivity contribution in [3.05, 3.63) is 24.8 Å². The Morgan fingerprint density at radius 1 is 1.60 bits per heavy atom. The molecule has 0 aromatic rings. The number of carbonyl (C=O) groups excluding carboxylic acids is 1. The summed E-state index contributed by atoms with van der Waals surface area (Å²) in [5, 5.41) is 0. The fourth-order valence-corrected chi connectivity index (χ4v) is 0.620. The van der Waals surface area contributed by atoms with Gasteiger partial charge >= 0.3 is 0 Å². The van der Waals surface area contributed by atoms with Crippen molar-refractivity contribution in [3.63, 3.8) is 0 Å². The van der Waals surface area contributed by atoms with E-state index in [1.165, 1.54) is 0 Å².